The molecule has 1 atom stereocenters. The number of phenolic OH excluding ortho intramolecular Hbond substituents is 1. The summed E-state index contributed by atoms with van der Waals surface area (Å²) in [5, 5.41) is 12.0. The lowest BCUT2D eigenvalue weighted by Crippen LogP contribution is -2.45. The number of methoxy groups -OCH3 is 1. The molecule has 122 valence electrons. The number of benzene rings is 1. The number of carbonyl (C=O) groups excluding carboxylic acids is 2. The summed E-state index contributed by atoms with van der Waals surface area (Å²) in [4.78, 5) is 23.6. The fourth-order valence-corrected chi connectivity index (χ4v) is 2.12. The molecular formula is C15H20BrNO5. The Balaban J connectivity index is 2.82. The summed E-state index contributed by atoms with van der Waals surface area (Å²) < 4.78 is 10.3. The zero-order valence-electron chi connectivity index (χ0n) is 13.0. The van der Waals surface area contributed by atoms with Crippen LogP contribution in [0.3, 0.4) is 0 Å². The molecule has 0 aliphatic rings. The van der Waals surface area contributed by atoms with Crippen LogP contribution >= 0.6 is 15.9 Å². The van der Waals surface area contributed by atoms with Gasteiger partial charge < -0.3 is 19.9 Å². The maximum atomic E-state index is 11.8. The standard InChI is InChI=1S/C15H20BrNO5/c1-15(2,3)22-14(20)17-11(13(19)21-4)8-9-5-6-12(18)10(16)7-9/h5-7,11,18H,8H2,1-4H3,(H,17,20)/t11-/m0/s1. The van der Waals surface area contributed by atoms with Crippen LogP contribution in [0.15, 0.2) is 22.7 Å². The molecule has 1 aromatic carbocycles. The molecule has 0 aliphatic carbocycles. The highest BCUT2D eigenvalue weighted by atomic mass is 79.9. The SMILES string of the molecule is COC(=O)[C@H](Cc1ccc(O)c(Br)c1)NC(=O)OC(C)(C)C. The molecule has 0 aromatic heterocycles. The molecule has 22 heavy (non-hydrogen) atoms. The van der Waals surface area contributed by atoms with Crippen LogP contribution in [0.2, 0.25) is 0 Å². The maximum absolute atomic E-state index is 11.8. The van der Waals surface area contributed by atoms with E-state index in [2.05, 4.69) is 21.2 Å². The summed E-state index contributed by atoms with van der Waals surface area (Å²) in [5.41, 5.74) is 0.0860. The van der Waals surface area contributed by atoms with Gasteiger partial charge in [-0.25, -0.2) is 9.59 Å². The van der Waals surface area contributed by atoms with Crippen LogP contribution in [0.1, 0.15) is 26.3 Å². The van der Waals surface area contributed by atoms with E-state index in [0.29, 0.717) is 4.47 Å². The molecule has 1 amide bonds. The molecule has 0 fully saturated rings. The second-order valence-electron chi connectivity index (χ2n) is 5.71. The lowest BCUT2D eigenvalue weighted by molar-refractivity contribution is -0.143. The van der Waals surface area contributed by atoms with Crippen molar-refractivity contribution in [1.82, 2.24) is 5.32 Å². The van der Waals surface area contributed by atoms with Crippen molar-refractivity contribution in [3.05, 3.63) is 28.2 Å². The van der Waals surface area contributed by atoms with Crippen LogP contribution in [0.25, 0.3) is 0 Å². The predicted octanol–water partition coefficient (Wildman–Crippen LogP) is 2.76. The summed E-state index contributed by atoms with van der Waals surface area (Å²) >= 11 is 3.20. The van der Waals surface area contributed by atoms with Gasteiger partial charge in [0.2, 0.25) is 0 Å². The summed E-state index contributed by atoms with van der Waals surface area (Å²) in [6.07, 6.45) is -0.481. The van der Waals surface area contributed by atoms with Gasteiger partial charge in [-0.15, -0.1) is 0 Å². The summed E-state index contributed by atoms with van der Waals surface area (Å²) in [7, 11) is 1.25. The van der Waals surface area contributed by atoms with E-state index in [9.17, 15) is 14.7 Å². The third kappa shape index (κ3) is 5.93. The number of hydrogen-bond donors (Lipinski definition) is 2. The summed E-state index contributed by atoms with van der Waals surface area (Å²) in [6.45, 7) is 5.20. The third-order valence-corrected chi connectivity index (χ3v) is 3.26. The molecule has 0 bridgehead atoms. The van der Waals surface area contributed by atoms with Gasteiger partial charge in [0.15, 0.2) is 0 Å². The lowest BCUT2D eigenvalue weighted by atomic mass is 10.1. The molecular weight excluding hydrogens is 354 g/mol. The van der Waals surface area contributed by atoms with E-state index in [1.807, 2.05) is 0 Å². The molecule has 0 spiro atoms. The molecule has 0 unspecified atom stereocenters. The van der Waals surface area contributed by atoms with Gasteiger partial charge in [-0.3, -0.25) is 0 Å². The average Bonchev–Trinajstić information content (AvgIpc) is 2.39. The van der Waals surface area contributed by atoms with Crippen molar-refractivity contribution >= 4 is 28.0 Å². The van der Waals surface area contributed by atoms with Gasteiger partial charge >= 0.3 is 12.1 Å². The molecule has 1 rings (SSSR count). The number of alkyl carbamates (subject to hydrolysis) is 1. The monoisotopic (exact) mass is 373 g/mol. The van der Waals surface area contributed by atoms with Crippen molar-refractivity contribution in [2.45, 2.75) is 38.8 Å². The first-order valence-corrected chi connectivity index (χ1v) is 7.46. The fourth-order valence-electron chi connectivity index (χ4n) is 1.70. The quantitative estimate of drug-likeness (QED) is 0.792. The number of hydrogen-bond acceptors (Lipinski definition) is 5. The van der Waals surface area contributed by atoms with E-state index in [-0.39, 0.29) is 12.2 Å². The highest BCUT2D eigenvalue weighted by Gasteiger charge is 2.25. The van der Waals surface area contributed by atoms with Crippen LogP contribution in [0.5, 0.6) is 5.75 Å². The second kappa shape index (κ2) is 7.49. The first kappa shape index (κ1) is 18.3. The van der Waals surface area contributed by atoms with Gasteiger partial charge in [0, 0.05) is 6.42 Å². The largest absolute Gasteiger partial charge is 0.507 e. The Bertz CT molecular complexity index is 553. The molecule has 7 heteroatoms. The first-order chi connectivity index (χ1) is 10.1. The molecule has 1 aromatic rings. The Morgan fingerprint density at radius 3 is 2.50 bits per heavy atom. The Kier molecular flexibility index (Phi) is 6.22. The highest BCUT2D eigenvalue weighted by Crippen LogP contribution is 2.25. The van der Waals surface area contributed by atoms with Gasteiger partial charge in [0.25, 0.3) is 0 Å². The van der Waals surface area contributed by atoms with E-state index in [0.717, 1.165) is 5.56 Å². The van der Waals surface area contributed by atoms with Gasteiger partial charge in [-0.1, -0.05) is 6.07 Å². The van der Waals surface area contributed by atoms with Crippen LogP contribution in [-0.2, 0) is 20.7 Å². The van der Waals surface area contributed by atoms with Gasteiger partial charge in [0.1, 0.15) is 17.4 Å². The van der Waals surface area contributed by atoms with Crippen molar-refractivity contribution in [3.8, 4) is 5.75 Å². The molecule has 0 radical (unpaired) electrons. The molecule has 0 saturated carbocycles. The predicted molar refractivity (Wildman–Crippen MR) is 84.7 cm³/mol. The number of halogens is 1. The third-order valence-electron chi connectivity index (χ3n) is 2.63. The molecule has 0 aliphatic heterocycles. The minimum atomic E-state index is -0.878. The van der Waals surface area contributed by atoms with Crippen molar-refractivity contribution < 1.29 is 24.2 Å². The summed E-state index contributed by atoms with van der Waals surface area (Å²) in [5.74, 6) is -0.478. The number of carbonyl (C=O) groups is 2. The van der Waals surface area contributed by atoms with E-state index < -0.39 is 23.7 Å². The number of esters is 1. The Hall–Kier alpha value is -1.76. The van der Waals surface area contributed by atoms with Gasteiger partial charge in [-0.2, -0.15) is 0 Å². The van der Waals surface area contributed by atoms with Crippen LogP contribution < -0.4 is 5.32 Å². The van der Waals surface area contributed by atoms with Crippen LogP contribution in [0, 0.1) is 0 Å². The number of rotatable bonds is 4. The minimum Gasteiger partial charge on any atom is -0.507 e. The number of nitrogens with one attached hydrogen (secondary N) is 1. The van der Waals surface area contributed by atoms with E-state index in [4.69, 9.17) is 9.47 Å². The first-order valence-electron chi connectivity index (χ1n) is 6.67. The van der Waals surface area contributed by atoms with Crippen molar-refractivity contribution in [2.75, 3.05) is 7.11 Å². The van der Waals surface area contributed by atoms with E-state index in [1.165, 1.54) is 13.2 Å². The average molecular weight is 374 g/mol. The smallest absolute Gasteiger partial charge is 0.408 e. The van der Waals surface area contributed by atoms with E-state index in [1.54, 1.807) is 32.9 Å². The topological polar surface area (TPSA) is 84.9 Å². The minimum absolute atomic E-state index is 0.0958. The number of phenols is 1. The van der Waals surface area contributed by atoms with Gasteiger partial charge in [-0.05, 0) is 54.4 Å². The number of aromatic hydroxyl groups is 1. The molecule has 0 saturated heterocycles. The van der Waals surface area contributed by atoms with Crippen molar-refractivity contribution in [2.24, 2.45) is 0 Å². The molecule has 6 nitrogen and oxygen atoms in total. The van der Waals surface area contributed by atoms with Gasteiger partial charge in [0.05, 0.1) is 11.6 Å². The van der Waals surface area contributed by atoms with E-state index >= 15 is 0 Å². The highest BCUT2D eigenvalue weighted by molar-refractivity contribution is 9.10. The normalized spacial score (nSPS) is 12.4. The van der Waals surface area contributed by atoms with Crippen LogP contribution in [0.4, 0.5) is 4.79 Å². The van der Waals surface area contributed by atoms with Crippen LogP contribution in [-0.4, -0.2) is 35.9 Å². The Morgan fingerprint density at radius 1 is 1.36 bits per heavy atom. The Labute approximate surface area is 137 Å². The fraction of sp³-hybridized carbons (Fsp3) is 0.467. The molecule has 0 heterocycles. The zero-order chi connectivity index (χ0) is 16.9. The second-order valence-corrected chi connectivity index (χ2v) is 6.57. The maximum Gasteiger partial charge on any atom is 0.408 e. The number of amides is 1. The molecule has 2 N–H and O–H groups in total. The zero-order valence-corrected chi connectivity index (χ0v) is 14.6. The van der Waals surface area contributed by atoms with Crippen molar-refractivity contribution in [3.63, 3.8) is 0 Å². The van der Waals surface area contributed by atoms with Crippen molar-refractivity contribution in [1.29, 1.82) is 0 Å². The Morgan fingerprint density at radius 2 is 2.00 bits per heavy atom. The number of ether oxygens (including phenoxy) is 2. The lowest BCUT2D eigenvalue weighted by Gasteiger charge is -2.22. The summed E-state index contributed by atoms with van der Waals surface area (Å²) in [6, 6.07) is 3.95.